The third-order valence-corrected chi connectivity index (χ3v) is 4.74. The molecule has 1 heterocycles. The second-order valence-corrected chi connectivity index (χ2v) is 7.15. The number of nitrogens with one attached hydrogen (secondary N) is 2. The number of aryl methyl sites for hydroxylation is 1. The Morgan fingerprint density at radius 3 is 2.33 bits per heavy atom. The van der Waals surface area contributed by atoms with E-state index in [9.17, 15) is 19.2 Å². The van der Waals surface area contributed by atoms with Crippen LogP contribution in [-0.4, -0.2) is 42.3 Å². The van der Waals surface area contributed by atoms with Crippen LogP contribution in [0, 0.1) is 13.8 Å². The number of aromatic amines is 1. The summed E-state index contributed by atoms with van der Waals surface area (Å²) in [6.45, 7) is 4.09. The molecule has 1 amide bonds. The van der Waals surface area contributed by atoms with Crippen molar-refractivity contribution < 1.29 is 28.7 Å². The summed E-state index contributed by atoms with van der Waals surface area (Å²) in [5.74, 6) is -2.02. The summed E-state index contributed by atoms with van der Waals surface area (Å²) in [5, 5.41) is 3.20. The van der Waals surface area contributed by atoms with E-state index in [1.807, 2.05) is 0 Å². The van der Waals surface area contributed by atoms with Crippen molar-refractivity contribution in [1.82, 2.24) is 10.3 Å². The van der Waals surface area contributed by atoms with Crippen molar-refractivity contribution in [3.05, 3.63) is 57.4 Å². The van der Waals surface area contributed by atoms with E-state index in [-0.39, 0.29) is 23.6 Å². The molecule has 0 aliphatic carbocycles. The highest BCUT2D eigenvalue weighted by Crippen LogP contribution is 2.21. The zero-order chi connectivity index (χ0) is 22.4. The van der Waals surface area contributed by atoms with Gasteiger partial charge in [-0.15, -0.1) is 0 Å². The molecular formula is C21H23ClN2O6. The molecule has 30 heavy (non-hydrogen) atoms. The first-order chi connectivity index (χ1) is 14.1. The molecule has 8 nitrogen and oxygen atoms in total. The van der Waals surface area contributed by atoms with E-state index in [1.165, 1.54) is 14.0 Å². The number of amides is 1. The van der Waals surface area contributed by atoms with Crippen LogP contribution in [0.1, 0.15) is 57.1 Å². The molecule has 160 valence electrons. The molecule has 1 aromatic carbocycles. The van der Waals surface area contributed by atoms with Crippen LogP contribution >= 0.6 is 11.6 Å². The summed E-state index contributed by atoms with van der Waals surface area (Å²) >= 11 is 5.88. The molecule has 2 aromatic rings. The number of H-pyrrole nitrogens is 1. The number of carbonyl (C=O) groups excluding carboxylic acids is 4. The van der Waals surface area contributed by atoms with Gasteiger partial charge in [-0.2, -0.15) is 0 Å². The third kappa shape index (κ3) is 5.70. The maximum absolute atomic E-state index is 12.5. The van der Waals surface area contributed by atoms with Crippen LogP contribution in [0.25, 0.3) is 0 Å². The van der Waals surface area contributed by atoms with Gasteiger partial charge in [-0.3, -0.25) is 14.4 Å². The molecule has 0 aliphatic rings. The number of hydrogen-bond acceptors (Lipinski definition) is 6. The smallest absolute Gasteiger partial charge is 0.339 e. The fourth-order valence-corrected chi connectivity index (χ4v) is 3.20. The molecule has 0 spiro atoms. The first-order valence-electron chi connectivity index (χ1n) is 9.12. The minimum Gasteiger partial charge on any atom is -0.465 e. The summed E-state index contributed by atoms with van der Waals surface area (Å²) in [6.07, 6.45) is -0.162. The van der Waals surface area contributed by atoms with Crippen LogP contribution in [0.3, 0.4) is 0 Å². The van der Waals surface area contributed by atoms with Gasteiger partial charge >= 0.3 is 11.9 Å². The standard InChI is InChI=1S/C21H23ClN2O6/c1-11-19(21(28)29-4)12(2)23-20(11)17(26)10-30-18(27)9-16(24-13(3)25)14-5-7-15(22)8-6-14/h5-8,16,23H,9-10H2,1-4H3,(H,24,25). The zero-order valence-corrected chi connectivity index (χ0v) is 17.9. The topological polar surface area (TPSA) is 115 Å². The molecule has 2 N–H and O–H groups in total. The number of Topliss-reactive ketones (excluding diaryl/α,β-unsaturated/α-hetero) is 1. The number of ether oxygens (including phenoxy) is 2. The molecule has 1 atom stereocenters. The predicted octanol–water partition coefficient (Wildman–Crippen LogP) is 3.06. The number of esters is 2. The molecule has 0 radical (unpaired) electrons. The maximum atomic E-state index is 12.5. The first-order valence-corrected chi connectivity index (χ1v) is 9.50. The summed E-state index contributed by atoms with van der Waals surface area (Å²) in [7, 11) is 1.25. The van der Waals surface area contributed by atoms with Crippen molar-refractivity contribution in [2.75, 3.05) is 13.7 Å². The predicted molar refractivity (Wildman–Crippen MR) is 110 cm³/mol. The fourth-order valence-electron chi connectivity index (χ4n) is 3.07. The minimum atomic E-state index is -0.661. The van der Waals surface area contributed by atoms with Crippen molar-refractivity contribution in [3.63, 3.8) is 0 Å². The number of methoxy groups -OCH3 is 1. The van der Waals surface area contributed by atoms with Crippen LogP contribution in [0.15, 0.2) is 24.3 Å². The number of carbonyl (C=O) groups is 4. The number of hydrogen-bond donors (Lipinski definition) is 2. The Kier molecular flexibility index (Phi) is 7.77. The Hall–Kier alpha value is -3.13. The Labute approximate surface area is 178 Å². The molecule has 1 unspecified atom stereocenters. The van der Waals surface area contributed by atoms with Gasteiger partial charge in [-0.05, 0) is 37.1 Å². The molecule has 0 saturated carbocycles. The molecule has 9 heteroatoms. The van der Waals surface area contributed by atoms with Gasteiger partial charge < -0.3 is 19.8 Å². The fraction of sp³-hybridized carbons (Fsp3) is 0.333. The van der Waals surface area contributed by atoms with Crippen molar-refractivity contribution in [2.24, 2.45) is 0 Å². The lowest BCUT2D eigenvalue weighted by Crippen LogP contribution is -2.29. The van der Waals surface area contributed by atoms with Gasteiger partial charge in [-0.25, -0.2) is 4.79 Å². The maximum Gasteiger partial charge on any atom is 0.339 e. The zero-order valence-electron chi connectivity index (χ0n) is 17.1. The molecule has 0 bridgehead atoms. The summed E-state index contributed by atoms with van der Waals surface area (Å²) < 4.78 is 9.82. The number of aromatic nitrogens is 1. The quantitative estimate of drug-likeness (QED) is 0.487. The largest absolute Gasteiger partial charge is 0.465 e. The number of ketones is 1. The van der Waals surface area contributed by atoms with Gasteiger partial charge in [0.05, 0.1) is 30.8 Å². The molecule has 0 fully saturated rings. The summed E-state index contributed by atoms with van der Waals surface area (Å²) in [6, 6.07) is 6.07. The second-order valence-electron chi connectivity index (χ2n) is 6.71. The van der Waals surface area contributed by atoms with Gasteiger partial charge in [0.1, 0.15) is 0 Å². The lowest BCUT2D eigenvalue weighted by atomic mass is 10.0. The minimum absolute atomic E-state index is 0.162. The SMILES string of the molecule is COC(=O)c1c(C)[nH]c(C(=O)COC(=O)CC(NC(C)=O)c2ccc(Cl)cc2)c1C. The lowest BCUT2D eigenvalue weighted by molar-refractivity contribution is -0.143. The van der Waals surface area contributed by atoms with Crippen molar-refractivity contribution >= 4 is 35.2 Å². The van der Waals surface area contributed by atoms with Crippen LogP contribution < -0.4 is 5.32 Å². The van der Waals surface area contributed by atoms with Gasteiger partial charge in [0.2, 0.25) is 11.7 Å². The normalized spacial score (nSPS) is 11.5. The van der Waals surface area contributed by atoms with Gasteiger partial charge in [0.15, 0.2) is 6.61 Å². The first kappa shape index (κ1) is 23.2. The van der Waals surface area contributed by atoms with E-state index >= 15 is 0 Å². The Balaban J connectivity index is 2.05. The Bertz CT molecular complexity index is 965. The van der Waals surface area contributed by atoms with E-state index in [0.29, 0.717) is 21.8 Å². The van der Waals surface area contributed by atoms with E-state index in [4.69, 9.17) is 21.1 Å². The van der Waals surface area contributed by atoms with Crippen LogP contribution in [0.2, 0.25) is 5.02 Å². The Morgan fingerprint density at radius 1 is 1.13 bits per heavy atom. The highest BCUT2D eigenvalue weighted by molar-refractivity contribution is 6.30. The average molecular weight is 435 g/mol. The van der Waals surface area contributed by atoms with Crippen molar-refractivity contribution in [2.45, 2.75) is 33.2 Å². The highest BCUT2D eigenvalue weighted by Gasteiger charge is 2.24. The lowest BCUT2D eigenvalue weighted by Gasteiger charge is -2.17. The second kappa shape index (κ2) is 10.1. The van der Waals surface area contributed by atoms with Crippen LogP contribution in [-0.2, 0) is 19.1 Å². The van der Waals surface area contributed by atoms with Crippen molar-refractivity contribution in [1.29, 1.82) is 0 Å². The average Bonchev–Trinajstić information content (AvgIpc) is 2.99. The Morgan fingerprint density at radius 2 is 1.77 bits per heavy atom. The number of benzene rings is 1. The highest BCUT2D eigenvalue weighted by atomic mass is 35.5. The van der Waals surface area contributed by atoms with Crippen molar-refractivity contribution in [3.8, 4) is 0 Å². The molecular weight excluding hydrogens is 412 g/mol. The monoisotopic (exact) mass is 434 g/mol. The van der Waals surface area contributed by atoms with Crippen LogP contribution in [0.5, 0.6) is 0 Å². The number of halogens is 1. The van der Waals surface area contributed by atoms with E-state index < -0.39 is 30.4 Å². The molecule has 0 saturated heterocycles. The van der Waals surface area contributed by atoms with Crippen LogP contribution in [0.4, 0.5) is 0 Å². The van der Waals surface area contributed by atoms with Gasteiger partial charge in [0, 0.05) is 17.6 Å². The molecule has 0 aliphatic heterocycles. The van der Waals surface area contributed by atoms with Gasteiger partial charge in [0.25, 0.3) is 0 Å². The summed E-state index contributed by atoms with van der Waals surface area (Å²) in [5.41, 5.74) is 2.05. The number of rotatable bonds is 8. The van der Waals surface area contributed by atoms with E-state index in [0.717, 1.165) is 0 Å². The molecule has 2 rings (SSSR count). The van der Waals surface area contributed by atoms with E-state index in [1.54, 1.807) is 38.1 Å². The van der Waals surface area contributed by atoms with E-state index in [2.05, 4.69) is 10.3 Å². The third-order valence-electron chi connectivity index (χ3n) is 4.49. The molecule has 1 aromatic heterocycles. The summed E-state index contributed by atoms with van der Waals surface area (Å²) in [4.78, 5) is 50.9. The van der Waals surface area contributed by atoms with Gasteiger partial charge in [-0.1, -0.05) is 23.7 Å².